The number of hydrogen-bond acceptors (Lipinski definition) is 4. The molecular weight excluding hydrogens is 184 g/mol. The molecule has 66 valence electrons. The SMILES string of the molecule is O=S(=O)(O)Oc1ccccc1O. The molecule has 1 aromatic carbocycles. The van der Waals surface area contributed by atoms with E-state index in [1.807, 2.05) is 0 Å². The van der Waals surface area contributed by atoms with E-state index in [4.69, 9.17) is 9.66 Å². The number of hydrogen-bond donors (Lipinski definition) is 2. The van der Waals surface area contributed by atoms with Crippen molar-refractivity contribution < 1.29 is 22.3 Å². The fraction of sp³-hybridized carbons (Fsp3) is 0. The zero-order chi connectivity index (χ0) is 9.19. The highest BCUT2D eigenvalue weighted by Crippen LogP contribution is 2.25. The lowest BCUT2D eigenvalue weighted by molar-refractivity contribution is 0.371. The molecule has 0 atom stereocenters. The van der Waals surface area contributed by atoms with Crippen LogP contribution in [-0.2, 0) is 10.4 Å². The highest BCUT2D eigenvalue weighted by atomic mass is 32.3. The largest absolute Gasteiger partial charge is 0.504 e. The average molecular weight is 190 g/mol. The van der Waals surface area contributed by atoms with Crippen molar-refractivity contribution in [1.82, 2.24) is 0 Å². The molecule has 0 bridgehead atoms. The quantitative estimate of drug-likeness (QED) is 0.666. The smallest absolute Gasteiger partial charge is 0.446 e. The maximum atomic E-state index is 10.2. The number of phenolic OH excluding ortho intramolecular Hbond substituents is 1. The van der Waals surface area contributed by atoms with E-state index in [-0.39, 0.29) is 11.5 Å². The van der Waals surface area contributed by atoms with Gasteiger partial charge in [0.25, 0.3) is 0 Å². The number of benzene rings is 1. The van der Waals surface area contributed by atoms with Crippen molar-refractivity contribution in [3.63, 3.8) is 0 Å². The fourth-order valence-electron chi connectivity index (χ4n) is 0.641. The van der Waals surface area contributed by atoms with Gasteiger partial charge in [-0.15, -0.1) is 0 Å². The van der Waals surface area contributed by atoms with E-state index < -0.39 is 10.4 Å². The molecule has 1 rings (SSSR count). The third-order valence-corrected chi connectivity index (χ3v) is 1.45. The number of phenols is 1. The van der Waals surface area contributed by atoms with Crippen molar-refractivity contribution in [1.29, 1.82) is 0 Å². The van der Waals surface area contributed by atoms with Gasteiger partial charge in [0, 0.05) is 0 Å². The summed E-state index contributed by atoms with van der Waals surface area (Å²) < 4.78 is 32.6. The zero-order valence-electron chi connectivity index (χ0n) is 5.84. The summed E-state index contributed by atoms with van der Waals surface area (Å²) in [5, 5.41) is 8.97. The van der Waals surface area contributed by atoms with Gasteiger partial charge in [0.1, 0.15) is 0 Å². The lowest BCUT2D eigenvalue weighted by Gasteiger charge is -2.01. The summed E-state index contributed by atoms with van der Waals surface area (Å²) in [6, 6.07) is 5.40. The Morgan fingerprint density at radius 2 is 1.83 bits per heavy atom. The van der Waals surface area contributed by atoms with Gasteiger partial charge in [-0.25, -0.2) is 0 Å². The predicted molar refractivity (Wildman–Crippen MR) is 40.3 cm³/mol. The maximum Gasteiger partial charge on any atom is 0.446 e. The van der Waals surface area contributed by atoms with E-state index in [1.54, 1.807) is 0 Å². The second-order valence-electron chi connectivity index (χ2n) is 1.98. The van der Waals surface area contributed by atoms with E-state index in [2.05, 4.69) is 4.18 Å². The fourth-order valence-corrected chi connectivity index (χ4v) is 1.01. The van der Waals surface area contributed by atoms with Gasteiger partial charge < -0.3 is 9.29 Å². The summed E-state index contributed by atoms with van der Waals surface area (Å²) in [6.07, 6.45) is 0. The van der Waals surface area contributed by atoms with Gasteiger partial charge >= 0.3 is 10.4 Å². The Kier molecular flexibility index (Phi) is 2.20. The highest BCUT2D eigenvalue weighted by Gasteiger charge is 2.09. The Morgan fingerprint density at radius 3 is 2.33 bits per heavy atom. The van der Waals surface area contributed by atoms with Crippen LogP contribution in [0.2, 0.25) is 0 Å². The topological polar surface area (TPSA) is 83.8 Å². The minimum absolute atomic E-state index is 0.306. The van der Waals surface area contributed by atoms with Gasteiger partial charge in [-0.05, 0) is 12.1 Å². The van der Waals surface area contributed by atoms with E-state index in [9.17, 15) is 8.42 Å². The normalized spacial score (nSPS) is 11.1. The molecule has 6 heteroatoms. The number of para-hydroxylation sites is 2. The molecule has 0 unspecified atom stereocenters. The molecule has 0 saturated heterocycles. The van der Waals surface area contributed by atoms with Crippen LogP contribution in [0.1, 0.15) is 0 Å². The molecule has 0 amide bonds. The predicted octanol–water partition coefficient (Wildman–Crippen LogP) is 0.574. The van der Waals surface area contributed by atoms with Crippen LogP contribution in [0.3, 0.4) is 0 Å². The first-order chi connectivity index (χ1) is 5.49. The molecule has 2 N–H and O–H groups in total. The Hall–Kier alpha value is -1.27. The highest BCUT2D eigenvalue weighted by molar-refractivity contribution is 7.81. The van der Waals surface area contributed by atoms with Crippen molar-refractivity contribution in [2.75, 3.05) is 0 Å². The van der Waals surface area contributed by atoms with Gasteiger partial charge in [0.05, 0.1) is 0 Å². The monoisotopic (exact) mass is 190 g/mol. The molecule has 12 heavy (non-hydrogen) atoms. The molecular formula is C6H6O5S. The van der Waals surface area contributed by atoms with Crippen LogP contribution < -0.4 is 4.18 Å². The summed E-state index contributed by atoms with van der Waals surface area (Å²) in [7, 11) is -4.56. The number of rotatable bonds is 2. The van der Waals surface area contributed by atoms with Crippen LogP contribution in [0.15, 0.2) is 24.3 Å². The summed E-state index contributed by atoms with van der Waals surface area (Å²) in [4.78, 5) is 0. The second-order valence-corrected chi connectivity index (χ2v) is 3.00. The first kappa shape index (κ1) is 8.82. The zero-order valence-corrected chi connectivity index (χ0v) is 6.65. The van der Waals surface area contributed by atoms with Gasteiger partial charge in [-0.2, -0.15) is 8.42 Å². The Balaban J connectivity index is 2.98. The first-order valence-corrected chi connectivity index (χ1v) is 4.30. The third kappa shape index (κ3) is 2.40. The van der Waals surface area contributed by atoms with Gasteiger partial charge in [-0.3, -0.25) is 4.55 Å². The third-order valence-electron chi connectivity index (χ3n) is 1.06. The Morgan fingerprint density at radius 1 is 1.25 bits per heavy atom. The van der Waals surface area contributed by atoms with Crippen LogP contribution in [0, 0.1) is 0 Å². The lowest BCUT2D eigenvalue weighted by Crippen LogP contribution is -2.06. The van der Waals surface area contributed by atoms with E-state index in [1.165, 1.54) is 24.3 Å². The molecule has 0 aliphatic heterocycles. The van der Waals surface area contributed by atoms with Crippen LogP contribution in [-0.4, -0.2) is 18.1 Å². The van der Waals surface area contributed by atoms with Gasteiger partial charge in [-0.1, -0.05) is 12.1 Å². The molecule has 0 radical (unpaired) electrons. The van der Waals surface area contributed by atoms with Crippen LogP contribution in [0.5, 0.6) is 11.5 Å². The maximum absolute atomic E-state index is 10.2. The van der Waals surface area contributed by atoms with Crippen LogP contribution in [0.4, 0.5) is 0 Å². The van der Waals surface area contributed by atoms with E-state index >= 15 is 0 Å². The molecule has 0 aliphatic rings. The van der Waals surface area contributed by atoms with Crippen molar-refractivity contribution in [3.05, 3.63) is 24.3 Å². The van der Waals surface area contributed by atoms with Crippen LogP contribution in [0.25, 0.3) is 0 Å². The minimum atomic E-state index is -4.56. The van der Waals surface area contributed by atoms with E-state index in [0.29, 0.717) is 0 Å². The Labute approximate surface area is 69.2 Å². The van der Waals surface area contributed by atoms with E-state index in [0.717, 1.165) is 0 Å². The average Bonchev–Trinajstić information content (AvgIpc) is 1.91. The molecule has 0 aliphatic carbocycles. The van der Waals surface area contributed by atoms with Crippen molar-refractivity contribution in [2.24, 2.45) is 0 Å². The molecule has 0 heterocycles. The molecule has 5 nitrogen and oxygen atoms in total. The second kappa shape index (κ2) is 3.00. The standard InChI is InChI=1S/C6H6O5S/c7-5-3-1-2-4-6(5)11-12(8,9)10/h1-4,7H,(H,8,9,10). The number of aromatic hydroxyl groups is 1. The van der Waals surface area contributed by atoms with Crippen molar-refractivity contribution in [3.8, 4) is 11.5 Å². The Bertz CT molecular complexity index is 369. The minimum Gasteiger partial charge on any atom is -0.504 e. The summed E-state index contributed by atoms with van der Waals surface area (Å²) in [6.45, 7) is 0. The summed E-state index contributed by atoms with van der Waals surface area (Å²) in [5.74, 6) is -0.657. The molecule has 1 aromatic rings. The van der Waals surface area contributed by atoms with Crippen LogP contribution >= 0.6 is 0 Å². The molecule has 0 saturated carbocycles. The molecule has 0 aromatic heterocycles. The summed E-state index contributed by atoms with van der Waals surface area (Å²) >= 11 is 0. The first-order valence-electron chi connectivity index (χ1n) is 2.94. The van der Waals surface area contributed by atoms with Gasteiger partial charge in [0.2, 0.25) is 0 Å². The lowest BCUT2D eigenvalue weighted by atomic mass is 10.3. The van der Waals surface area contributed by atoms with Gasteiger partial charge in [0.15, 0.2) is 11.5 Å². The summed E-state index contributed by atoms with van der Waals surface area (Å²) in [5.41, 5.74) is 0. The van der Waals surface area contributed by atoms with Crippen molar-refractivity contribution >= 4 is 10.4 Å². The molecule has 0 fully saturated rings. The van der Waals surface area contributed by atoms with Crippen molar-refractivity contribution in [2.45, 2.75) is 0 Å². The molecule has 0 spiro atoms.